The second kappa shape index (κ2) is 7.43. The molecule has 0 aliphatic rings. The van der Waals surface area contributed by atoms with E-state index in [0.29, 0.717) is 0 Å². The van der Waals surface area contributed by atoms with Gasteiger partial charge in [-0.15, -0.1) is 0 Å². The normalized spacial score (nSPS) is 10.8. The van der Waals surface area contributed by atoms with E-state index in [2.05, 4.69) is 24.3 Å². The highest BCUT2D eigenvalue weighted by Crippen LogP contribution is 1.95. The topological polar surface area (TPSA) is 39.1 Å². The lowest BCUT2D eigenvalue weighted by Crippen LogP contribution is -2.13. The molecule has 0 fully saturated rings. The summed E-state index contributed by atoms with van der Waals surface area (Å²) < 4.78 is 7.33. The Morgan fingerprint density at radius 2 is 2.27 bits per heavy atom. The number of rotatable bonds is 8. The Morgan fingerprint density at radius 3 is 3.00 bits per heavy atom. The molecule has 0 radical (unpaired) electrons. The Labute approximate surface area is 91.6 Å². The highest BCUT2D eigenvalue weighted by Gasteiger charge is 1.97. The van der Waals surface area contributed by atoms with E-state index >= 15 is 0 Å². The Kier molecular flexibility index (Phi) is 6.04. The van der Waals surface area contributed by atoms with E-state index in [0.717, 1.165) is 45.0 Å². The van der Waals surface area contributed by atoms with E-state index in [9.17, 15) is 0 Å². The van der Waals surface area contributed by atoms with Crippen molar-refractivity contribution in [2.24, 2.45) is 0 Å². The minimum Gasteiger partial charge on any atom is -0.380 e. The van der Waals surface area contributed by atoms with Crippen molar-refractivity contribution in [2.45, 2.75) is 33.4 Å². The average molecular weight is 211 g/mol. The van der Waals surface area contributed by atoms with Crippen LogP contribution in [0, 0.1) is 0 Å². The van der Waals surface area contributed by atoms with Crippen LogP contribution in [0.4, 0.5) is 0 Å². The first-order chi connectivity index (χ1) is 7.36. The molecule has 0 bridgehead atoms. The smallest absolute Gasteiger partial charge is 0.0762 e. The summed E-state index contributed by atoms with van der Waals surface area (Å²) in [4.78, 5) is 0. The lowest BCUT2D eigenvalue weighted by atomic mass is 10.4. The van der Waals surface area contributed by atoms with Gasteiger partial charge in [-0.05, 0) is 19.0 Å². The van der Waals surface area contributed by atoms with Crippen LogP contribution in [0.1, 0.15) is 26.0 Å². The maximum atomic E-state index is 5.40. The molecule has 4 heteroatoms. The summed E-state index contributed by atoms with van der Waals surface area (Å²) in [6.45, 7) is 8.46. The molecule has 0 unspecified atom stereocenters. The lowest BCUT2D eigenvalue weighted by molar-refractivity contribution is 0.124. The monoisotopic (exact) mass is 211 g/mol. The van der Waals surface area contributed by atoms with Gasteiger partial charge in [-0.1, -0.05) is 13.8 Å². The Bertz CT molecular complexity index is 260. The molecule has 0 aromatic carbocycles. The van der Waals surface area contributed by atoms with Gasteiger partial charge in [0.2, 0.25) is 0 Å². The average Bonchev–Trinajstić information content (AvgIpc) is 2.69. The number of aromatic nitrogens is 2. The summed E-state index contributed by atoms with van der Waals surface area (Å²) in [5.74, 6) is 0. The van der Waals surface area contributed by atoms with E-state index in [4.69, 9.17) is 4.74 Å². The molecule has 0 amide bonds. The quantitative estimate of drug-likeness (QED) is 0.661. The molecule has 0 aliphatic heterocycles. The van der Waals surface area contributed by atoms with E-state index in [1.54, 1.807) is 0 Å². The molecule has 0 aliphatic carbocycles. The van der Waals surface area contributed by atoms with Crippen LogP contribution in [0.25, 0.3) is 0 Å². The highest BCUT2D eigenvalue weighted by atomic mass is 16.5. The zero-order valence-electron chi connectivity index (χ0n) is 9.70. The van der Waals surface area contributed by atoms with Gasteiger partial charge in [0, 0.05) is 19.3 Å². The molecule has 4 nitrogen and oxygen atoms in total. The highest BCUT2D eigenvalue weighted by molar-refractivity contribution is 4.98. The van der Waals surface area contributed by atoms with E-state index in [1.165, 1.54) is 0 Å². The van der Waals surface area contributed by atoms with Gasteiger partial charge < -0.3 is 10.1 Å². The van der Waals surface area contributed by atoms with Crippen LogP contribution >= 0.6 is 0 Å². The first-order valence-corrected chi connectivity index (χ1v) is 5.67. The van der Waals surface area contributed by atoms with Gasteiger partial charge >= 0.3 is 0 Å². The molecule has 0 spiro atoms. The predicted octanol–water partition coefficient (Wildman–Crippen LogP) is 1.42. The van der Waals surface area contributed by atoms with Gasteiger partial charge in [0.05, 0.1) is 18.8 Å². The number of nitrogens with zero attached hydrogens (tertiary/aromatic N) is 2. The fraction of sp³-hybridized carbons (Fsp3) is 0.727. The molecule has 1 aromatic heterocycles. The van der Waals surface area contributed by atoms with Crippen molar-refractivity contribution < 1.29 is 4.74 Å². The standard InChI is InChI=1S/C11H21N3O/c1-3-8-15-9-7-14-6-5-11(13-14)10-12-4-2/h5-6,12H,3-4,7-10H2,1-2H3. The van der Waals surface area contributed by atoms with Crippen LogP contribution in [0.2, 0.25) is 0 Å². The van der Waals surface area contributed by atoms with E-state index < -0.39 is 0 Å². The van der Waals surface area contributed by atoms with Crippen molar-refractivity contribution in [2.75, 3.05) is 19.8 Å². The van der Waals surface area contributed by atoms with Crippen molar-refractivity contribution in [3.05, 3.63) is 18.0 Å². The molecule has 1 N–H and O–H groups in total. The molecule has 0 saturated carbocycles. The summed E-state index contributed by atoms with van der Waals surface area (Å²) >= 11 is 0. The molecular weight excluding hydrogens is 190 g/mol. The number of nitrogens with one attached hydrogen (secondary N) is 1. The molecule has 1 rings (SSSR count). The number of hydrogen-bond donors (Lipinski definition) is 1. The SMILES string of the molecule is CCCOCCn1ccc(CNCC)n1. The number of hydrogen-bond acceptors (Lipinski definition) is 3. The second-order valence-electron chi connectivity index (χ2n) is 3.46. The van der Waals surface area contributed by atoms with Crippen LogP contribution < -0.4 is 5.32 Å². The Balaban J connectivity index is 2.20. The van der Waals surface area contributed by atoms with E-state index in [-0.39, 0.29) is 0 Å². The summed E-state index contributed by atoms with van der Waals surface area (Å²) in [6.07, 6.45) is 3.08. The van der Waals surface area contributed by atoms with Crippen molar-refractivity contribution in [3.63, 3.8) is 0 Å². The fourth-order valence-corrected chi connectivity index (χ4v) is 1.28. The maximum Gasteiger partial charge on any atom is 0.0762 e. The second-order valence-corrected chi connectivity index (χ2v) is 3.46. The molecule has 1 aromatic rings. The summed E-state index contributed by atoms with van der Waals surface area (Å²) in [6, 6.07) is 2.04. The summed E-state index contributed by atoms with van der Waals surface area (Å²) in [7, 11) is 0. The van der Waals surface area contributed by atoms with Gasteiger partial charge in [0.1, 0.15) is 0 Å². The van der Waals surface area contributed by atoms with Crippen LogP contribution in [-0.4, -0.2) is 29.5 Å². The molecule has 15 heavy (non-hydrogen) atoms. The van der Waals surface area contributed by atoms with Crippen LogP contribution in [0.5, 0.6) is 0 Å². The third-order valence-corrected chi connectivity index (χ3v) is 2.07. The molecule has 0 saturated heterocycles. The largest absolute Gasteiger partial charge is 0.380 e. The first kappa shape index (κ1) is 12.2. The Morgan fingerprint density at radius 1 is 1.40 bits per heavy atom. The lowest BCUT2D eigenvalue weighted by Gasteiger charge is -2.02. The zero-order valence-corrected chi connectivity index (χ0v) is 9.70. The molecule has 0 atom stereocenters. The zero-order chi connectivity index (χ0) is 10.9. The van der Waals surface area contributed by atoms with Crippen LogP contribution in [0.15, 0.2) is 12.3 Å². The summed E-state index contributed by atoms with van der Waals surface area (Å²) in [5.41, 5.74) is 1.09. The maximum absolute atomic E-state index is 5.40. The van der Waals surface area contributed by atoms with Crippen molar-refractivity contribution in [1.29, 1.82) is 0 Å². The van der Waals surface area contributed by atoms with Gasteiger partial charge in [0.25, 0.3) is 0 Å². The van der Waals surface area contributed by atoms with Crippen molar-refractivity contribution >= 4 is 0 Å². The predicted molar refractivity (Wildman–Crippen MR) is 60.7 cm³/mol. The Hall–Kier alpha value is -0.870. The molecule has 86 valence electrons. The minimum atomic E-state index is 0.746. The van der Waals surface area contributed by atoms with Crippen LogP contribution in [0.3, 0.4) is 0 Å². The summed E-state index contributed by atoms with van der Waals surface area (Å²) in [5, 5.41) is 7.67. The first-order valence-electron chi connectivity index (χ1n) is 5.67. The van der Waals surface area contributed by atoms with Gasteiger partial charge in [-0.25, -0.2) is 0 Å². The third-order valence-electron chi connectivity index (χ3n) is 2.07. The van der Waals surface area contributed by atoms with Gasteiger partial charge in [0.15, 0.2) is 0 Å². The van der Waals surface area contributed by atoms with Gasteiger partial charge in [-0.2, -0.15) is 5.10 Å². The minimum absolute atomic E-state index is 0.746. The van der Waals surface area contributed by atoms with Gasteiger partial charge in [-0.3, -0.25) is 4.68 Å². The van der Waals surface area contributed by atoms with Crippen molar-refractivity contribution in [3.8, 4) is 0 Å². The fourth-order valence-electron chi connectivity index (χ4n) is 1.28. The number of ether oxygens (including phenoxy) is 1. The van der Waals surface area contributed by atoms with Crippen LogP contribution in [-0.2, 0) is 17.8 Å². The van der Waals surface area contributed by atoms with Crippen molar-refractivity contribution in [1.82, 2.24) is 15.1 Å². The molecular formula is C11H21N3O. The third kappa shape index (κ3) is 4.95. The van der Waals surface area contributed by atoms with E-state index in [1.807, 2.05) is 16.9 Å². The molecule has 1 heterocycles.